The molecule has 0 fully saturated rings. The maximum Gasteiger partial charge on any atom is 0.324 e. The van der Waals surface area contributed by atoms with E-state index in [4.69, 9.17) is 5.73 Å². The predicted molar refractivity (Wildman–Crippen MR) is 71.1 cm³/mol. The Morgan fingerprint density at radius 2 is 1.71 bits per heavy atom. The van der Waals surface area contributed by atoms with Crippen LogP contribution in [0.15, 0.2) is 0 Å². The van der Waals surface area contributed by atoms with Gasteiger partial charge in [0, 0.05) is 0 Å². The summed E-state index contributed by atoms with van der Waals surface area (Å²) in [7, 11) is 3.73. The molecule has 0 saturated heterocycles. The Hall–Kier alpha value is -0.610. The minimum absolute atomic E-state index is 0.637. The van der Waals surface area contributed by atoms with Gasteiger partial charge in [0.15, 0.2) is 0 Å². The average molecular weight is 244 g/mol. The zero-order valence-electron chi connectivity index (χ0n) is 11.5. The molecular weight excluding hydrogens is 216 g/mol. The molecule has 0 amide bonds. The van der Waals surface area contributed by atoms with Crippen molar-refractivity contribution in [3.05, 3.63) is 0 Å². The van der Waals surface area contributed by atoms with Gasteiger partial charge in [0.2, 0.25) is 0 Å². The Kier molecular flexibility index (Phi) is 8.17. The number of nitrogens with zero attached hydrogens (tertiary/aromatic N) is 1. The third-order valence-electron chi connectivity index (χ3n) is 3.49. The van der Waals surface area contributed by atoms with Gasteiger partial charge in [-0.3, -0.25) is 9.69 Å². The molecule has 0 aromatic heterocycles. The van der Waals surface area contributed by atoms with Gasteiger partial charge in [0.1, 0.15) is 5.54 Å². The van der Waals surface area contributed by atoms with Crippen LogP contribution < -0.4 is 5.73 Å². The topological polar surface area (TPSA) is 66.6 Å². The van der Waals surface area contributed by atoms with Crippen LogP contribution in [0.2, 0.25) is 0 Å². The molecular formula is C13H28N2O2. The number of carboxylic acids is 1. The highest BCUT2D eigenvalue weighted by atomic mass is 16.4. The van der Waals surface area contributed by atoms with Gasteiger partial charge in [-0.05, 0) is 46.3 Å². The monoisotopic (exact) mass is 244 g/mol. The molecule has 0 aliphatic carbocycles. The number of nitrogens with two attached hydrogens (primary N) is 1. The zero-order valence-corrected chi connectivity index (χ0v) is 11.5. The number of aliphatic carboxylic acids is 1. The number of likely N-dealkylation sites (N-methyl/N-ethyl adjacent to an activating group) is 1. The Morgan fingerprint density at radius 3 is 2.06 bits per heavy atom. The van der Waals surface area contributed by atoms with Crippen LogP contribution in [0, 0.1) is 0 Å². The minimum Gasteiger partial charge on any atom is -0.480 e. The molecule has 0 aromatic carbocycles. The van der Waals surface area contributed by atoms with Gasteiger partial charge in [0.25, 0.3) is 0 Å². The summed E-state index contributed by atoms with van der Waals surface area (Å²) in [5, 5.41) is 9.52. The number of unbranched alkanes of at least 4 members (excludes halogenated alkanes) is 3. The SMILES string of the molecule is CCCCCC(CCCCN)(C(=O)O)N(C)C. The predicted octanol–water partition coefficient (Wildman–Crippen LogP) is 2.08. The average Bonchev–Trinajstić information content (AvgIpc) is 2.26. The third-order valence-corrected chi connectivity index (χ3v) is 3.49. The summed E-state index contributed by atoms with van der Waals surface area (Å²) in [6.45, 7) is 2.77. The summed E-state index contributed by atoms with van der Waals surface area (Å²) in [5.74, 6) is -0.698. The first-order valence-corrected chi connectivity index (χ1v) is 6.62. The Balaban J connectivity index is 4.56. The van der Waals surface area contributed by atoms with Crippen LogP contribution in [0.1, 0.15) is 51.9 Å². The fraction of sp³-hybridized carbons (Fsp3) is 0.923. The lowest BCUT2D eigenvalue weighted by Gasteiger charge is -2.36. The maximum absolute atomic E-state index is 11.6. The van der Waals surface area contributed by atoms with Crippen molar-refractivity contribution < 1.29 is 9.90 Å². The fourth-order valence-electron chi connectivity index (χ4n) is 2.21. The van der Waals surface area contributed by atoms with E-state index in [1.165, 1.54) is 0 Å². The first-order chi connectivity index (χ1) is 8.01. The molecule has 0 rings (SSSR count). The smallest absolute Gasteiger partial charge is 0.324 e. The van der Waals surface area contributed by atoms with Crippen molar-refractivity contribution in [3.8, 4) is 0 Å². The Morgan fingerprint density at radius 1 is 1.18 bits per heavy atom. The van der Waals surface area contributed by atoms with Crippen LogP contribution >= 0.6 is 0 Å². The van der Waals surface area contributed by atoms with Crippen molar-refractivity contribution in [1.82, 2.24) is 4.90 Å². The molecule has 3 N–H and O–H groups in total. The number of carboxylic acid groups (broad SMARTS) is 1. The van der Waals surface area contributed by atoms with Crippen LogP contribution in [-0.2, 0) is 4.79 Å². The van der Waals surface area contributed by atoms with Crippen LogP contribution in [0.5, 0.6) is 0 Å². The molecule has 1 unspecified atom stereocenters. The zero-order chi connectivity index (χ0) is 13.3. The molecule has 4 nitrogen and oxygen atoms in total. The summed E-state index contributed by atoms with van der Waals surface area (Å²) in [6, 6.07) is 0. The van der Waals surface area contributed by atoms with Crippen LogP contribution in [0.4, 0.5) is 0 Å². The largest absolute Gasteiger partial charge is 0.480 e. The molecule has 0 aliphatic rings. The lowest BCUT2D eigenvalue weighted by atomic mass is 9.85. The van der Waals surface area contributed by atoms with E-state index in [9.17, 15) is 9.90 Å². The fourth-order valence-corrected chi connectivity index (χ4v) is 2.21. The van der Waals surface area contributed by atoms with Crippen LogP contribution in [0.25, 0.3) is 0 Å². The van der Waals surface area contributed by atoms with Crippen molar-refractivity contribution in [1.29, 1.82) is 0 Å². The maximum atomic E-state index is 11.6. The van der Waals surface area contributed by atoms with E-state index >= 15 is 0 Å². The second kappa shape index (κ2) is 8.48. The number of rotatable bonds is 10. The lowest BCUT2D eigenvalue weighted by Crippen LogP contribution is -2.51. The van der Waals surface area contributed by atoms with Gasteiger partial charge < -0.3 is 10.8 Å². The summed E-state index contributed by atoms with van der Waals surface area (Å²) < 4.78 is 0. The van der Waals surface area contributed by atoms with E-state index in [-0.39, 0.29) is 0 Å². The molecule has 4 heteroatoms. The van der Waals surface area contributed by atoms with E-state index < -0.39 is 11.5 Å². The van der Waals surface area contributed by atoms with Crippen molar-refractivity contribution in [2.24, 2.45) is 5.73 Å². The van der Waals surface area contributed by atoms with E-state index in [1.54, 1.807) is 0 Å². The van der Waals surface area contributed by atoms with E-state index in [0.717, 1.165) is 38.5 Å². The molecule has 0 bridgehead atoms. The standard InChI is InChI=1S/C13H28N2O2/c1-4-5-6-9-13(12(16)17,15(2)3)10-7-8-11-14/h4-11,14H2,1-3H3,(H,16,17). The highest BCUT2D eigenvalue weighted by Gasteiger charge is 2.39. The molecule has 17 heavy (non-hydrogen) atoms. The van der Waals surface area contributed by atoms with Crippen molar-refractivity contribution >= 4 is 5.97 Å². The summed E-state index contributed by atoms with van der Waals surface area (Å²) >= 11 is 0. The van der Waals surface area contributed by atoms with Crippen molar-refractivity contribution in [2.45, 2.75) is 57.4 Å². The lowest BCUT2D eigenvalue weighted by molar-refractivity contribution is -0.151. The van der Waals surface area contributed by atoms with Gasteiger partial charge in [-0.25, -0.2) is 0 Å². The number of carbonyl (C=O) groups is 1. The Bertz CT molecular complexity index is 207. The van der Waals surface area contributed by atoms with E-state index in [1.807, 2.05) is 19.0 Å². The molecule has 0 spiro atoms. The normalized spacial score (nSPS) is 14.9. The van der Waals surface area contributed by atoms with E-state index in [2.05, 4.69) is 6.92 Å². The number of hydrogen-bond acceptors (Lipinski definition) is 3. The summed E-state index contributed by atoms with van der Waals surface area (Å²) in [5.41, 5.74) is 4.77. The minimum atomic E-state index is -0.704. The van der Waals surface area contributed by atoms with Gasteiger partial charge in [-0.1, -0.05) is 26.2 Å². The van der Waals surface area contributed by atoms with Crippen molar-refractivity contribution in [2.75, 3.05) is 20.6 Å². The van der Waals surface area contributed by atoms with Crippen molar-refractivity contribution in [3.63, 3.8) is 0 Å². The van der Waals surface area contributed by atoms with E-state index in [0.29, 0.717) is 13.0 Å². The number of hydrogen-bond donors (Lipinski definition) is 2. The highest BCUT2D eigenvalue weighted by Crippen LogP contribution is 2.27. The summed E-state index contributed by atoms with van der Waals surface area (Å²) in [6.07, 6.45) is 6.39. The molecule has 0 heterocycles. The first kappa shape index (κ1) is 16.4. The molecule has 0 aliphatic heterocycles. The van der Waals surface area contributed by atoms with Crippen LogP contribution in [-0.4, -0.2) is 42.2 Å². The Labute approximate surface area is 105 Å². The van der Waals surface area contributed by atoms with Gasteiger partial charge in [0.05, 0.1) is 0 Å². The van der Waals surface area contributed by atoms with Gasteiger partial charge >= 0.3 is 5.97 Å². The molecule has 0 radical (unpaired) electrons. The molecule has 0 aromatic rings. The quantitative estimate of drug-likeness (QED) is 0.577. The molecule has 102 valence electrons. The van der Waals surface area contributed by atoms with Gasteiger partial charge in [-0.2, -0.15) is 0 Å². The second-order valence-electron chi connectivity index (χ2n) is 4.93. The highest BCUT2D eigenvalue weighted by molar-refractivity contribution is 5.78. The van der Waals surface area contributed by atoms with Crippen LogP contribution in [0.3, 0.4) is 0 Å². The summed E-state index contributed by atoms with van der Waals surface area (Å²) in [4.78, 5) is 13.4. The molecule has 1 atom stereocenters. The second-order valence-corrected chi connectivity index (χ2v) is 4.93. The third kappa shape index (κ3) is 5.04. The first-order valence-electron chi connectivity index (χ1n) is 6.62. The van der Waals surface area contributed by atoms with Gasteiger partial charge in [-0.15, -0.1) is 0 Å². The molecule has 0 saturated carbocycles.